The summed E-state index contributed by atoms with van der Waals surface area (Å²) in [6.07, 6.45) is 0.250. The van der Waals surface area contributed by atoms with Crippen molar-refractivity contribution in [2.24, 2.45) is 0 Å². The van der Waals surface area contributed by atoms with Crippen molar-refractivity contribution in [3.8, 4) is 5.75 Å². The van der Waals surface area contributed by atoms with E-state index in [4.69, 9.17) is 24.8 Å². The molecule has 30 heavy (non-hydrogen) atoms. The van der Waals surface area contributed by atoms with E-state index < -0.39 is 5.54 Å². The second-order valence-corrected chi connectivity index (χ2v) is 7.70. The quantitative estimate of drug-likeness (QED) is 0.719. The van der Waals surface area contributed by atoms with Crippen LogP contribution in [0.4, 0.5) is 5.69 Å². The molecule has 1 aromatic carbocycles. The molecule has 1 amide bonds. The lowest BCUT2D eigenvalue weighted by Crippen LogP contribution is -2.52. The van der Waals surface area contributed by atoms with Crippen LogP contribution in [-0.2, 0) is 19.1 Å². The van der Waals surface area contributed by atoms with Gasteiger partial charge in [0.2, 0.25) is 5.91 Å². The number of pyridine rings is 1. The molecule has 1 saturated heterocycles. The van der Waals surface area contributed by atoms with E-state index in [1.807, 2.05) is 45.0 Å². The summed E-state index contributed by atoms with van der Waals surface area (Å²) in [5.41, 5.74) is 7.98. The smallest absolute Gasteiger partial charge is 0.373 e. The van der Waals surface area contributed by atoms with Gasteiger partial charge in [-0.25, -0.2) is 0 Å². The van der Waals surface area contributed by atoms with Crippen molar-refractivity contribution in [3.05, 3.63) is 30.0 Å². The molecule has 0 unspecified atom stereocenters. The number of aromatic nitrogens is 1. The molecule has 0 atom stereocenters. The number of carbonyl (C=O) groups is 1. The number of hydrogen-bond donors (Lipinski definition) is 2. The molecule has 0 aliphatic carbocycles. The van der Waals surface area contributed by atoms with Crippen LogP contribution in [0.25, 0.3) is 10.9 Å². The molecule has 0 radical (unpaired) electrons. The van der Waals surface area contributed by atoms with Gasteiger partial charge < -0.3 is 20.5 Å². The van der Waals surface area contributed by atoms with Crippen molar-refractivity contribution in [2.75, 3.05) is 45.2 Å². The van der Waals surface area contributed by atoms with Gasteiger partial charge >= 0.3 is 6.15 Å². The minimum Gasteiger partial charge on any atom is -0.490 e. The number of amides is 1. The van der Waals surface area contributed by atoms with E-state index in [1.165, 1.54) is 0 Å². The molecule has 2 aromatic rings. The van der Waals surface area contributed by atoms with E-state index in [0.29, 0.717) is 37.8 Å². The van der Waals surface area contributed by atoms with Crippen LogP contribution in [0.1, 0.15) is 19.5 Å². The number of morpholine rings is 1. The Hall–Kier alpha value is -3.00. The predicted molar refractivity (Wildman–Crippen MR) is 111 cm³/mol. The molecule has 162 valence electrons. The van der Waals surface area contributed by atoms with Crippen LogP contribution in [0.15, 0.2) is 24.3 Å². The molecule has 1 aliphatic heterocycles. The molecular formula is C21H28N4O5. The van der Waals surface area contributed by atoms with E-state index in [2.05, 4.69) is 15.2 Å². The fourth-order valence-electron chi connectivity index (χ4n) is 3.22. The number of ether oxygens (including phenoxy) is 2. The number of aryl methyl sites for hydroxylation is 1. The van der Waals surface area contributed by atoms with Gasteiger partial charge in [-0.05, 0) is 39.0 Å². The summed E-state index contributed by atoms with van der Waals surface area (Å²) in [7, 11) is 0. The Bertz CT molecular complexity index is 904. The van der Waals surface area contributed by atoms with E-state index in [9.17, 15) is 4.79 Å². The third-order valence-electron chi connectivity index (χ3n) is 4.49. The summed E-state index contributed by atoms with van der Waals surface area (Å²) < 4.78 is 11.3. The van der Waals surface area contributed by atoms with Crippen LogP contribution < -0.4 is 15.8 Å². The van der Waals surface area contributed by atoms with Gasteiger partial charge in [0.05, 0.1) is 36.2 Å². The summed E-state index contributed by atoms with van der Waals surface area (Å²) in [5, 5.41) is 3.86. The van der Waals surface area contributed by atoms with Crippen LogP contribution in [0.3, 0.4) is 0 Å². The standard InChI is InChI=1S/C20H28N4O3.CO2/c1-14-11-15(21)19-16(22-14)5-4-6-17(19)27-13-20(2,3)23-18(25)12-24-7-9-26-10-8-24;2-1-3/h4-6,11H,7-10,12-13H2,1-3H3,(H2,21,22)(H,23,25);. The van der Waals surface area contributed by atoms with Crippen LogP contribution in [0, 0.1) is 6.92 Å². The average molecular weight is 416 g/mol. The molecule has 3 rings (SSSR count). The lowest BCUT2D eigenvalue weighted by molar-refractivity contribution is -0.191. The number of benzene rings is 1. The number of carbonyl (C=O) groups excluding carboxylic acids is 3. The Balaban J connectivity index is 0.00000101. The number of nitrogens with two attached hydrogens (primary N) is 1. The molecule has 0 bridgehead atoms. The van der Waals surface area contributed by atoms with Crippen LogP contribution in [0.5, 0.6) is 5.75 Å². The highest BCUT2D eigenvalue weighted by Gasteiger charge is 2.24. The van der Waals surface area contributed by atoms with Gasteiger partial charge in [-0.2, -0.15) is 9.59 Å². The Morgan fingerprint density at radius 2 is 2.00 bits per heavy atom. The minimum atomic E-state index is -0.515. The number of rotatable bonds is 6. The molecule has 3 N–H and O–H groups in total. The second-order valence-electron chi connectivity index (χ2n) is 7.70. The Kier molecular flexibility index (Phi) is 8.29. The zero-order valence-electron chi connectivity index (χ0n) is 17.6. The molecular weight excluding hydrogens is 388 g/mol. The summed E-state index contributed by atoms with van der Waals surface area (Å²) in [6.45, 7) is 9.42. The highest BCUT2D eigenvalue weighted by Crippen LogP contribution is 2.30. The third kappa shape index (κ3) is 6.81. The van der Waals surface area contributed by atoms with Gasteiger partial charge in [0.15, 0.2) is 0 Å². The van der Waals surface area contributed by atoms with Gasteiger partial charge in [0, 0.05) is 24.5 Å². The first-order valence-corrected chi connectivity index (χ1v) is 9.65. The maximum absolute atomic E-state index is 12.4. The van der Waals surface area contributed by atoms with E-state index in [1.54, 1.807) is 0 Å². The Morgan fingerprint density at radius 1 is 1.33 bits per heavy atom. The number of nitrogens with zero attached hydrogens (tertiary/aromatic N) is 2. The zero-order valence-corrected chi connectivity index (χ0v) is 17.6. The van der Waals surface area contributed by atoms with Crippen molar-refractivity contribution < 1.29 is 23.9 Å². The van der Waals surface area contributed by atoms with Crippen molar-refractivity contribution >= 4 is 28.6 Å². The lowest BCUT2D eigenvalue weighted by atomic mass is 10.1. The number of hydrogen-bond acceptors (Lipinski definition) is 8. The first-order chi connectivity index (χ1) is 14.3. The number of nitrogen functional groups attached to an aromatic ring is 1. The summed E-state index contributed by atoms with van der Waals surface area (Å²) in [4.78, 5) is 35.2. The normalized spacial score (nSPS) is 14.4. The summed E-state index contributed by atoms with van der Waals surface area (Å²) in [5.74, 6) is 0.660. The van der Waals surface area contributed by atoms with Crippen LogP contribution >= 0.6 is 0 Å². The summed E-state index contributed by atoms with van der Waals surface area (Å²) in [6, 6.07) is 7.53. The molecule has 1 aliphatic rings. The van der Waals surface area contributed by atoms with Gasteiger partial charge in [0.1, 0.15) is 12.4 Å². The van der Waals surface area contributed by atoms with E-state index in [-0.39, 0.29) is 12.1 Å². The SMILES string of the molecule is Cc1cc(N)c2c(OCC(C)(C)NC(=O)CN3CCOCC3)cccc2n1.O=C=O. The number of fused-ring (bicyclic) bond motifs is 1. The highest BCUT2D eigenvalue weighted by atomic mass is 16.5. The van der Waals surface area contributed by atoms with Gasteiger partial charge in [-0.15, -0.1) is 0 Å². The van der Waals surface area contributed by atoms with Crippen LogP contribution in [0.2, 0.25) is 0 Å². The van der Waals surface area contributed by atoms with Gasteiger partial charge in [-0.3, -0.25) is 14.7 Å². The van der Waals surface area contributed by atoms with E-state index >= 15 is 0 Å². The monoisotopic (exact) mass is 416 g/mol. The molecule has 9 nitrogen and oxygen atoms in total. The molecule has 1 fully saturated rings. The first-order valence-electron chi connectivity index (χ1n) is 9.65. The zero-order chi connectivity index (χ0) is 22.1. The summed E-state index contributed by atoms with van der Waals surface area (Å²) >= 11 is 0. The topological polar surface area (TPSA) is 124 Å². The fourth-order valence-corrected chi connectivity index (χ4v) is 3.22. The fraction of sp³-hybridized carbons (Fsp3) is 0.476. The second kappa shape index (κ2) is 10.7. The lowest BCUT2D eigenvalue weighted by Gasteiger charge is -2.30. The van der Waals surface area contributed by atoms with Crippen molar-refractivity contribution in [3.63, 3.8) is 0 Å². The predicted octanol–water partition coefficient (Wildman–Crippen LogP) is 1.15. The van der Waals surface area contributed by atoms with Gasteiger partial charge in [0.25, 0.3) is 0 Å². The van der Waals surface area contributed by atoms with E-state index in [0.717, 1.165) is 29.7 Å². The first kappa shape index (κ1) is 23.3. The van der Waals surface area contributed by atoms with Crippen molar-refractivity contribution in [2.45, 2.75) is 26.3 Å². The number of anilines is 1. The maximum Gasteiger partial charge on any atom is 0.373 e. The van der Waals surface area contributed by atoms with Gasteiger partial charge in [-0.1, -0.05) is 6.07 Å². The highest BCUT2D eigenvalue weighted by molar-refractivity contribution is 5.95. The average Bonchev–Trinajstić information content (AvgIpc) is 2.67. The minimum absolute atomic E-state index is 0.0137. The maximum atomic E-state index is 12.4. The molecule has 0 spiro atoms. The van der Waals surface area contributed by atoms with Crippen molar-refractivity contribution in [1.82, 2.24) is 15.2 Å². The Morgan fingerprint density at radius 3 is 2.67 bits per heavy atom. The third-order valence-corrected chi connectivity index (χ3v) is 4.49. The Labute approximate surface area is 175 Å². The largest absolute Gasteiger partial charge is 0.490 e. The van der Waals surface area contributed by atoms with Crippen LogP contribution in [-0.4, -0.2) is 66.9 Å². The molecule has 9 heteroatoms. The molecule has 2 heterocycles. The number of nitrogens with one attached hydrogen (secondary N) is 1. The van der Waals surface area contributed by atoms with Crippen molar-refractivity contribution in [1.29, 1.82) is 0 Å². The molecule has 0 saturated carbocycles. The molecule has 1 aromatic heterocycles.